The van der Waals surface area contributed by atoms with E-state index in [2.05, 4.69) is 39.8 Å². The normalized spacial score (nSPS) is 15.3. The molecular formula is C15H20N4S. The predicted molar refractivity (Wildman–Crippen MR) is 81.9 cm³/mol. The van der Waals surface area contributed by atoms with Crippen LogP contribution in [0.2, 0.25) is 0 Å². The molecule has 20 heavy (non-hydrogen) atoms. The van der Waals surface area contributed by atoms with E-state index in [9.17, 15) is 0 Å². The van der Waals surface area contributed by atoms with E-state index in [0.29, 0.717) is 0 Å². The highest BCUT2D eigenvalue weighted by Crippen LogP contribution is 2.21. The van der Waals surface area contributed by atoms with Gasteiger partial charge in [0, 0.05) is 49.2 Å². The maximum absolute atomic E-state index is 4.61. The van der Waals surface area contributed by atoms with Crippen molar-refractivity contribution in [2.24, 2.45) is 0 Å². The third-order valence-corrected chi connectivity index (χ3v) is 4.37. The molecule has 1 aliphatic rings. The van der Waals surface area contributed by atoms with E-state index in [1.165, 1.54) is 28.2 Å². The lowest BCUT2D eigenvalue weighted by molar-refractivity contribution is 0.239. The fourth-order valence-electron chi connectivity index (χ4n) is 2.76. The van der Waals surface area contributed by atoms with Crippen molar-refractivity contribution >= 4 is 11.8 Å². The zero-order valence-corrected chi connectivity index (χ0v) is 13.0. The van der Waals surface area contributed by atoms with Gasteiger partial charge in [-0.05, 0) is 31.7 Å². The van der Waals surface area contributed by atoms with Crippen molar-refractivity contribution in [1.82, 2.24) is 19.9 Å². The highest BCUT2D eigenvalue weighted by molar-refractivity contribution is 7.98. The van der Waals surface area contributed by atoms with Gasteiger partial charge in [-0.1, -0.05) is 11.8 Å². The molecule has 0 spiro atoms. The molecule has 1 N–H and O–H groups in total. The van der Waals surface area contributed by atoms with Crippen molar-refractivity contribution in [2.75, 3.05) is 12.8 Å². The van der Waals surface area contributed by atoms with Crippen LogP contribution in [0, 0.1) is 13.8 Å². The van der Waals surface area contributed by atoms with E-state index in [1.54, 1.807) is 11.8 Å². The van der Waals surface area contributed by atoms with E-state index >= 15 is 0 Å². The first-order valence-electron chi connectivity index (χ1n) is 6.92. The molecule has 0 saturated heterocycles. The van der Waals surface area contributed by atoms with Gasteiger partial charge >= 0.3 is 0 Å². The Morgan fingerprint density at radius 2 is 2.25 bits per heavy atom. The average Bonchev–Trinajstić information content (AvgIpc) is 2.76. The van der Waals surface area contributed by atoms with Crippen LogP contribution in [0.3, 0.4) is 0 Å². The molecule has 3 heterocycles. The maximum Gasteiger partial charge on any atom is 0.187 e. The van der Waals surface area contributed by atoms with Crippen molar-refractivity contribution in [2.45, 2.75) is 38.5 Å². The third-order valence-electron chi connectivity index (χ3n) is 3.81. The zero-order chi connectivity index (χ0) is 14.1. The van der Waals surface area contributed by atoms with E-state index < -0.39 is 0 Å². The van der Waals surface area contributed by atoms with Gasteiger partial charge < -0.3 is 4.98 Å². The van der Waals surface area contributed by atoms with Crippen LogP contribution in [0.5, 0.6) is 0 Å². The van der Waals surface area contributed by atoms with E-state index in [-0.39, 0.29) is 0 Å². The minimum absolute atomic E-state index is 0.882. The molecule has 1 aliphatic heterocycles. The minimum atomic E-state index is 0.882. The first-order chi connectivity index (χ1) is 9.65. The number of aromatic amines is 1. The average molecular weight is 288 g/mol. The minimum Gasteiger partial charge on any atom is -0.361 e. The summed E-state index contributed by atoms with van der Waals surface area (Å²) in [4.78, 5) is 14.9. The number of rotatable bonds is 3. The number of hydrogen-bond acceptors (Lipinski definition) is 4. The monoisotopic (exact) mass is 288 g/mol. The number of nitrogens with zero attached hydrogens (tertiary/aromatic N) is 3. The number of thioether (sulfide) groups is 1. The maximum atomic E-state index is 4.61. The SMILES string of the molecule is CSc1ncc2c(n1)CCN(Cc1[nH]c(C)cc1C)C2. The van der Waals surface area contributed by atoms with Crippen LogP contribution in [0.4, 0.5) is 0 Å². The first-order valence-corrected chi connectivity index (χ1v) is 8.14. The highest BCUT2D eigenvalue weighted by atomic mass is 32.2. The smallest absolute Gasteiger partial charge is 0.187 e. The van der Waals surface area contributed by atoms with E-state index in [4.69, 9.17) is 0 Å². The summed E-state index contributed by atoms with van der Waals surface area (Å²) in [6.45, 7) is 7.27. The second-order valence-corrected chi connectivity index (χ2v) is 6.18. The number of hydrogen-bond donors (Lipinski definition) is 1. The van der Waals surface area contributed by atoms with Crippen molar-refractivity contribution in [1.29, 1.82) is 0 Å². The lowest BCUT2D eigenvalue weighted by Crippen LogP contribution is -2.31. The van der Waals surface area contributed by atoms with Crippen LogP contribution in [0.25, 0.3) is 0 Å². The number of aromatic nitrogens is 3. The summed E-state index contributed by atoms with van der Waals surface area (Å²) in [6.07, 6.45) is 5.03. The van der Waals surface area contributed by atoms with Crippen LogP contribution >= 0.6 is 11.8 Å². The topological polar surface area (TPSA) is 44.8 Å². The Balaban J connectivity index is 1.74. The second-order valence-electron chi connectivity index (χ2n) is 5.40. The summed E-state index contributed by atoms with van der Waals surface area (Å²) in [7, 11) is 0. The Morgan fingerprint density at radius 1 is 1.40 bits per heavy atom. The molecule has 3 rings (SSSR count). The quantitative estimate of drug-likeness (QED) is 0.697. The van der Waals surface area contributed by atoms with Crippen LogP contribution in [0.1, 0.15) is 28.2 Å². The number of H-pyrrole nitrogens is 1. The number of aryl methyl sites for hydroxylation is 2. The molecule has 0 aliphatic carbocycles. The number of fused-ring (bicyclic) bond motifs is 1. The Labute approximate surface area is 124 Å². The van der Waals surface area contributed by atoms with Gasteiger partial charge in [-0.15, -0.1) is 0 Å². The standard InChI is InChI=1S/C15H20N4S/c1-10-6-11(2)17-14(10)9-19-5-4-13-12(8-19)7-16-15(18-13)20-3/h6-7,17H,4-5,8-9H2,1-3H3. The molecule has 4 nitrogen and oxygen atoms in total. The van der Waals surface area contributed by atoms with Crippen LogP contribution in [-0.4, -0.2) is 32.7 Å². The van der Waals surface area contributed by atoms with Gasteiger partial charge in [0.15, 0.2) is 5.16 Å². The van der Waals surface area contributed by atoms with Crippen molar-refractivity contribution in [3.63, 3.8) is 0 Å². The van der Waals surface area contributed by atoms with Crippen molar-refractivity contribution in [3.8, 4) is 0 Å². The van der Waals surface area contributed by atoms with Gasteiger partial charge in [0.25, 0.3) is 0 Å². The Bertz CT molecular complexity index is 620. The Kier molecular flexibility index (Phi) is 3.81. The Morgan fingerprint density at radius 3 is 2.95 bits per heavy atom. The summed E-state index contributed by atoms with van der Waals surface area (Å²) in [5, 5.41) is 0.882. The first kappa shape index (κ1) is 13.6. The molecule has 0 bridgehead atoms. The summed E-state index contributed by atoms with van der Waals surface area (Å²) >= 11 is 1.61. The summed E-state index contributed by atoms with van der Waals surface area (Å²) in [6, 6.07) is 2.21. The lowest BCUT2D eigenvalue weighted by Gasteiger charge is -2.27. The van der Waals surface area contributed by atoms with Crippen molar-refractivity contribution < 1.29 is 0 Å². The molecule has 2 aromatic heterocycles. The predicted octanol–water partition coefficient (Wildman–Crippen LogP) is 2.70. The van der Waals surface area contributed by atoms with Gasteiger partial charge in [-0.3, -0.25) is 4.90 Å². The molecular weight excluding hydrogens is 268 g/mol. The van der Waals surface area contributed by atoms with Gasteiger partial charge in [0.05, 0.1) is 5.69 Å². The number of nitrogens with one attached hydrogen (secondary N) is 1. The molecule has 0 unspecified atom stereocenters. The molecule has 2 aromatic rings. The molecule has 106 valence electrons. The van der Waals surface area contributed by atoms with Gasteiger partial charge in [-0.25, -0.2) is 9.97 Å². The summed E-state index contributed by atoms with van der Waals surface area (Å²) < 4.78 is 0. The molecule has 0 amide bonds. The summed E-state index contributed by atoms with van der Waals surface area (Å²) in [5.74, 6) is 0. The van der Waals surface area contributed by atoms with Crippen LogP contribution in [-0.2, 0) is 19.5 Å². The fraction of sp³-hybridized carbons (Fsp3) is 0.467. The summed E-state index contributed by atoms with van der Waals surface area (Å²) in [5.41, 5.74) is 6.41. The molecule has 0 fully saturated rings. The molecule has 0 radical (unpaired) electrons. The van der Waals surface area contributed by atoms with E-state index in [1.807, 2.05) is 12.5 Å². The highest BCUT2D eigenvalue weighted by Gasteiger charge is 2.19. The lowest BCUT2D eigenvalue weighted by atomic mass is 10.1. The van der Waals surface area contributed by atoms with E-state index in [0.717, 1.165) is 31.2 Å². The Hall–Kier alpha value is -1.33. The second kappa shape index (κ2) is 5.58. The van der Waals surface area contributed by atoms with Crippen LogP contribution in [0.15, 0.2) is 17.4 Å². The van der Waals surface area contributed by atoms with Gasteiger partial charge in [0.2, 0.25) is 0 Å². The molecule has 0 aromatic carbocycles. The zero-order valence-electron chi connectivity index (χ0n) is 12.2. The van der Waals surface area contributed by atoms with Gasteiger partial charge in [-0.2, -0.15) is 0 Å². The molecule has 0 atom stereocenters. The fourth-order valence-corrected chi connectivity index (χ4v) is 3.12. The molecule has 5 heteroatoms. The van der Waals surface area contributed by atoms with Gasteiger partial charge in [0.1, 0.15) is 0 Å². The third kappa shape index (κ3) is 2.74. The molecule has 0 saturated carbocycles. The largest absolute Gasteiger partial charge is 0.361 e. The van der Waals surface area contributed by atoms with Crippen LogP contribution < -0.4 is 0 Å². The van der Waals surface area contributed by atoms with Crippen molar-refractivity contribution in [3.05, 3.63) is 40.5 Å².